The first-order valence-electron chi connectivity index (χ1n) is 9.74. The van der Waals surface area contributed by atoms with Crippen molar-refractivity contribution in [1.29, 1.82) is 5.26 Å². The molecule has 11 heteroatoms. The van der Waals surface area contributed by atoms with Crippen LogP contribution in [-0.4, -0.2) is 40.9 Å². The van der Waals surface area contributed by atoms with Crippen LogP contribution < -0.4 is 9.55 Å². The lowest BCUT2D eigenvalue weighted by Gasteiger charge is -2.17. The summed E-state index contributed by atoms with van der Waals surface area (Å²) >= 11 is 1.24. The fraction of sp³-hybridized carbons (Fsp3) is 0.190. The van der Waals surface area contributed by atoms with Crippen molar-refractivity contribution in [3.8, 4) is 23.1 Å². The van der Waals surface area contributed by atoms with E-state index in [-0.39, 0.29) is 5.82 Å². The van der Waals surface area contributed by atoms with E-state index in [4.69, 9.17) is 9.31 Å². The van der Waals surface area contributed by atoms with Crippen LogP contribution >= 0.6 is 11.3 Å². The number of thiazole rings is 1. The third-order valence-electron chi connectivity index (χ3n) is 4.85. The number of imidazole rings is 1. The first kappa shape index (κ1) is 21.8. The molecule has 8 nitrogen and oxygen atoms in total. The van der Waals surface area contributed by atoms with Gasteiger partial charge in [-0.25, -0.2) is 14.4 Å². The molecular weight excluding hydrogens is 432 g/mol. The molecule has 4 aromatic rings. The van der Waals surface area contributed by atoms with Crippen LogP contribution in [-0.2, 0) is 11.1 Å². The van der Waals surface area contributed by atoms with Gasteiger partial charge < -0.3 is 19.2 Å². The molecule has 0 spiro atoms. The lowest BCUT2D eigenvalue weighted by atomic mass is 10.1. The zero-order chi connectivity index (χ0) is 22.8. The predicted octanol–water partition coefficient (Wildman–Crippen LogP) is 3.80. The summed E-state index contributed by atoms with van der Waals surface area (Å²) in [5, 5.41) is 19.9. The second-order valence-corrected chi connectivity index (χ2v) is 7.82. The number of pyridine rings is 1. The molecule has 3 aromatic heterocycles. The van der Waals surface area contributed by atoms with Crippen LogP contribution in [0.15, 0.2) is 42.6 Å². The van der Waals surface area contributed by atoms with Crippen molar-refractivity contribution in [3.63, 3.8) is 0 Å². The predicted molar refractivity (Wildman–Crippen MR) is 120 cm³/mol. The van der Waals surface area contributed by atoms with Gasteiger partial charge >= 0.3 is 7.32 Å². The van der Waals surface area contributed by atoms with Gasteiger partial charge in [-0.05, 0) is 42.8 Å². The number of benzene rings is 1. The summed E-state index contributed by atoms with van der Waals surface area (Å²) in [4.78, 5) is 11.6. The summed E-state index contributed by atoms with van der Waals surface area (Å²) in [6, 6.07) is 11.5. The first-order valence-corrected chi connectivity index (χ1v) is 10.6. The van der Waals surface area contributed by atoms with Crippen molar-refractivity contribution in [2.24, 2.45) is 0 Å². The molecule has 1 N–H and O–H groups in total. The van der Waals surface area contributed by atoms with Gasteiger partial charge in [0.2, 0.25) is 0 Å². The highest BCUT2D eigenvalue weighted by atomic mass is 32.1. The lowest BCUT2D eigenvalue weighted by molar-refractivity contribution is 0.238. The van der Waals surface area contributed by atoms with E-state index in [1.54, 1.807) is 30.5 Å². The van der Waals surface area contributed by atoms with Gasteiger partial charge in [-0.3, -0.25) is 4.40 Å². The van der Waals surface area contributed by atoms with E-state index in [2.05, 4.69) is 16.0 Å². The Labute approximate surface area is 188 Å². The van der Waals surface area contributed by atoms with Crippen molar-refractivity contribution in [1.82, 2.24) is 14.4 Å². The Balaban J connectivity index is 1.79. The molecule has 0 saturated heterocycles. The minimum Gasteiger partial charge on any atom is -0.511 e. The minimum atomic E-state index is -1.39. The molecule has 0 aliphatic heterocycles. The second kappa shape index (κ2) is 8.96. The number of aromatic nitrogens is 3. The van der Waals surface area contributed by atoms with Gasteiger partial charge in [0.25, 0.3) is 0 Å². The summed E-state index contributed by atoms with van der Waals surface area (Å²) in [7, 11) is 1.79. The van der Waals surface area contributed by atoms with Crippen molar-refractivity contribution < 1.29 is 18.7 Å². The molecular formula is C21H19BFN5O3S. The van der Waals surface area contributed by atoms with Crippen molar-refractivity contribution in [3.05, 3.63) is 59.0 Å². The van der Waals surface area contributed by atoms with E-state index in [9.17, 15) is 14.7 Å². The molecule has 3 heterocycles. The molecule has 4 rings (SSSR count). The van der Waals surface area contributed by atoms with Crippen LogP contribution in [0.1, 0.15) is 17.5 Å². The zero-order valence-electron chi connectivity index (χ0n) is 17.6. The first-order chi connectivity index (χ1) is 15.4. The van der Waals surface area contributed by atoms with E-state index in [1.165, 1.54) is 30.6 Å². The number of fused-ring (bicyclic) bond motifs is 1. The SMILES string of the molecule is CCc1nc2ccc(OB(O)OC)cn2c1N(C)c1nc(-c2ccc(F)cc2)c(C#N)s1. The maximum atomic E-state index is 13.3. The van der Waals surface area contributed by atoms with Crippen LogP contribution in [0.2, 0.25) is 0 Å². The molecule has 0 saturated carbocycles. The van der Waals surface area contributed by atoms with Gasteiger partial charge in [-0.15, -0.1) is 0 Å². The van der Waals surface area contributed by atoms with Gasteiger partial charge in [0.05, 0.1) is 11.9 Å². The Morgan fingerprint density at radius 3 is 2.66 bits per heavy atom. The molecule has 162 valence electrons. The highest BCUT2D eigenvalue weighted by molar-refractivity contribution is 7.16. The van der Waals surface area contributed by atoms with Crippen LogP contribution in [0, 0.1) is 17.1 Å². The van der Waals surface area contributed by atoms with E-state index in [0.717, 1.165) is 11.5 Å². The fourth-order valence-electron chi connectivity index (χ4n) is 3.31. The van der Waals surface area contributed by atoms with Crippen LogP contribution in [0.5, 0.6) is 5.75 Å². The zero-order valence-corrected chi connectivity index (χ0v) is 18.4. The summed E-state index contributed by atoms with van der Waals surface area (Å²) in [5.74, 6) is 0.795. The Morgan fingerprint density at radius 2 is 2.00 bits per heavy atom. The number of nitrogens with zero attached hydrogens (tertiary/aromatic N) is 5. The maximum Gasteiger partial charge on any atom is 0.710 e. The highest BCUT2D eigenvalue weighted by Gasteiger charge is 2.23. The van der Waals surface area contributed by atoms with Gasteiger partial charge in [-0.2, -0.15) is 5.26 Å². The molecule has 0 aliphatic rings. The fourth-order valence-corrected chi connectivity index (χ4v) is 4.16. The average molecular weight is 451 g/mol. The summed E-state index contributed by atoms with van der Waals surface area (Å²) in [6.07, 6.45) is 2.37. The molecule has 0 atom stereocenters. The summed E-state index contributed by atoms with van der Waals surface area (Å²) in [5.41, 5.74) is 2.68. The Bertz CT molecular complexity index is 1300. The number of aryl methyl sites for hydroxylation is 1. The van der Waals surface area contributed by atoms with Crippen LogP contribution in [0.25, 0.3) is 16.9 Å². The number of anilines is 2. The van der Waals surface area contributed by atoms with Gasteiger partial charge in [-0.1, -0.05) is 18.3 Å². The van der Waals surface area contributed by atoms with E-state index in [1.807, 2.05) is 23.3 Å². The Hall–Kier alpha value is -3.46. The van der Waals surface area contributed by atoms with Crippen LogP contribution in [0.4, 0.5) is 15.3 Å². The number of hydrogen-bond acceptors (Lipinski definition) is 8. The van der Waals surface area contributed by atoms with Gasteiger partial charge in [0.15, 0.2) is 5.13 Å². The lowest BCUT2D eigenvalue weighted by Crippen LogP contribution is -2.24. The van der Waals surface area contributed by atoms with Gasteiger partial charge in [0, 0.05) is 19.7 Å². The number of nitriles is 1. The largest absolute Gasteiger partial charge is 0.710 e. The number of hydrogen-bond donors (Lipinski definition) is 1. The van der Waals surface area contributed by atoms with E-state index >= 15 is 0 Å². The quantitative estimate of drug-likeness (QED) is 0.427. The topological polar surface area (TPSA) is 95.9 Å². The molecule has 1 aromatic carbocycles. The van der Waals surface area contributed by atoms with E-state index in [0.29, 0.717) is 39.1 Å². The molecule has 0 amide bonds. The molecule has 0 radical (unpaired) electrons. The molecule has 32 heavy (non-hydrogen) atoms. The molecule has 0 bridgehead atoms. The smallest absolute Gasteiger partial charge is 0.511 e. The van der Waals surface area contributed by atoms with Crippen molar-refractivity contribution in [2.45, 2.75) is 13.3 Å². The normalized spacial score (nSPS) is 10.9. The van der Waals surface area contributed by atoms with Gasteiger partial charge in [0.1, 0.15) is 39.7 Å². The Morgan fingerprint density at radius 1 is 1.25 bits per heavy atom. The number of rotatable bonds is 7. The standard InChI is InChI=1S/C21H19BFN5O3S/c1-4-16-20(28-12-15(31-22(29)30-3)9-10-18(28)25-16)27(2)21-26-19(17(11-24)32-21)13-5-7-14(23)8-6-13/h5-10,12,29H,4H2,1-3H3. The summed E-state index contributed by atoms with van der Waals surface area (Å²) in [6.45, 7) is 2.00. The van der Waals surface area contributed by atoms with E-state index < -0.39 is 7.32 Å². The Kier molecular flexibility index (Phi) is 6.09. The third kappa shape index (κ3) is 4.03. The molecule has 0 aliphatic carbocycles. The maximum absolute atomic E-state index is 13.3. The van der Waals surface area contributed by atoms with Crippen molar-refractivity contribution in [2.75, 3.05) is 19.1 Å². The van der Waals surface area contributed by atoms with Crippen molar-refractivity contribution >= 4 is 35.3 Å². The molecule has 0 fully saturated rings. The summed E-state index contributed by atoms with van der Waals surface area (Å²) < 4.78 is 25.3. The molecule has 0 unspecified atom stereocenters. The highest BCUT2D eigenvalue weighted by Crippen LogP contribution is 2.37. The third-order valence-corrected chi connectivity index (χ3v) is 5.89. The second-order valence-electron chi connectivity index (χ2n) is 6.84. The monoisotopic (exact) mass is 451 g/mol. The average Bonchev–Trinajstić information content (AvgIpc) is 3.40. The minimum absolute atomic E-state index is 0.352. The van der Waals surface area contributed by atoms with Crippen LogP contribution in [0.3, 0.4) is 0 Å². The number of halogens is 1.